The Kier molecular flexibility index (Phi) is 3.41. The van der Waals surface area contributed by atoms with Crippen LogP contribution in [-0.4, -0.2) is 27.1 Å². The Morgan fingerprint density at radius 1 is 1.40 bits per heavy atom. The summed E-state index contributed by atoms with van der Waals surface area (Å²) in [4.78, 5) is 18.5. The Morgan fingerprint density at radius 2 is 2.20 bits per heavy atom. The van der Waals surface area contributed by atoms with Gasteiger partial charge in [0.1, 0.15) is 6.04 Å². The summed E-state index contributed by atoms with van der Waals surface area (Å²) in [5, 5.41) is 13.1. The molecule has 3 N–H and O–H groups in total. The number of carboxylic acid groups (broad SMARTS) is 1. The van der Waals surface area contributed by atoms with Gasteiger partial charge < -0.3 is 10.1 Å². The average molecular weight is 312 g/mol. The van der Waals surface area contributed by atoms with Crippen molar-refractivity contribution in [2.45, 2.75) is 18.5 Å². The fourth-order valence-corrected chi connectivity index (χ4v) is 2.84. The van der Waals surface area contributed by atoms with Crippen molar-refractivity contribution in [3.8, 4) is 0 Å². The van der Waals surface area contributed by atoms with E-state index in [0.717, 1.165) is 17.0 Å². The van der Waals surface area contributed by atoms with Crippen molar-refractivity contribution in [1.82, 2.24) is 15.3 Å². The largest absolute Gasteiger partial charge is 0.480 e. The fraction of sp³-hybridized carbons (Fsp3) is 0.231. The normalized spacial score (nSPS) is 21.5. The van der Waals surface area contributed by atoms with E-state index < -0.39 is 18.1 Å². The molecule has 1 aromatic heterocycles. The van der Waals surface area contributed by atoms with Crippen molar-refractivity contribution in [1.29, 1.82) is 0 Å². The first-order chi connectivity index (χ1) is 9.58. The molecule has 2 heterocycles. The molecule has 0 saturated carbocycles. The highest BCUT2D eigenvalue weighted by Crippen LogP contribution is 2.35. The fourth-order valence-electron chi connectivity index (χ4n) is 2.43. The first kappa shape index (κ1) is 13.4. The first-order valence-electron chi connectivity index (χ1n) is 6.03. The van der Waals surface area contributed by atoms with Crippen molar-refractivity contribution < 1.29 is 9.90 Å². The number of imidazole rings is 1. The molecule has 5 nitrogen and oxygen atoms in total. The smallest absolute Gasteiger partial charge is 0.321 e. The summed E-state index contributed by atoms with van der Waals surface area (Å²) in [5.74, 6) is -0.909. The first-order valence-corrected chi connectivity index (χ1v) is 6.78. The van der Waals surface area contributed by atoms with E-state index in [9.17, 15) is 9.90 Å². The molecule has 1 aliphatic rings. The van der Waals surface area contributed by atoms with E-state index in [4.69, 9.17) is 23.2 Å². The zero-order valence-corrected chi connectivity index (χ0v) is 11.7. The minimum absolute atomic E-state index is 0.360. The minimum Gasteiger partial charge on any atom is -0.480 e. The maximum absolute atomic E-state index is 11.3. The second-order valence-corrected chi connectivity index (χ2v) is 5.39. The number of aromatic nitrogens is 2. The van der Waals surface area contributed by atoms with Crippen molar-refractivity contribution >= 4 is 29.2 Å². The van der Waals surface area contributed by atoms with E-state index in [1.54, 1.807) is 18.5 Å². The quantitative estimate of drug-likeness (QED) is 0.796. The Balaban J connectivity index is 2.09. The van der Waals surface area contributed by atoms with Crippen LogP contribution in [-0.2, 0) is 11.2 Å². The summed E-state index contributed by atoms with van der Waals surface area (Å²) in [6.07, 6.45) is 1.92. The molecule has 2 aromatic rings. The van der Waals surface area contributed by atoms with Gasteiger partial charge in [0.2, 0.25) is 0 Å². The lowest BCUT2D eigenvalue weighted by Crippen LogP contribution is -2.45. The number of benzene rings is 1. The van der Waals surface area contributed by atoms with Crippen LogP contribution < -0.4 is 5.32 Å². The van der Waals surface area contributed by atoms with Crippen LogP contribution in [0.4, 0.5) is 0 Å². The van der Waals surface area contributed by atoms with Gasteiger partial charge >= 0.3 is 5.97 Å². The number of halogens is 2. The number of fused-ring (bicyclic) bond motifs is 1. The molecule has 0 spiro atoms. The summed E-state index contributed by atoms with van der Waals surface area (Å²) in [6, 6.07) is 4.20. The van der Waals surface area contributed by atoms with Gasteiger partial charge in [-0.15, -0.1) is 0 Å². The van der Waals surface area contributed by atoms with E-state index in [1.807, 2.05) is 6.07 Å². The van der Waals surface area contributed by atoms with E-state index in [-0.39, 0.29) is 0 Å². The molecule has 0 bridgehead atoms. The van der Waals surface area contributed by atoms with Gasteiger partial charge in [-0.25, -0.2) is 4.98 Å². The van der Waals surface area contributed by atoms with Crippen LogP contribution in [0.5, 0.6) is 0 Å². The highest BCUT2D eigenvalue weighted by atomic mass is 35.5. The van der Waals surface area contributed by atoms with Crippen molar-refractivity contribution in [3.05, 3.63) is 51.5 Å². The molecule has 20 heavy (non-hydrogen) atoms. The number of hydrogen-bond donors (Lipinski definition) is 3. The monoisotopic (exact) mass is 311 g/mol. The van der Waals surface area contributed by atoms with Crippen molar-refractivity contribution in [2.24, 2.45) is 0 Å². The number of H-pyrrole nitrogens is 1. The third-order valence-corrected chi connectivity index (χ3v) is 4.23. The van der Waals surface area contributed by atoms with Crippen LogP contribution in [0.25, 0.3) is 0 Å². The Bertz CT molecular complexity index is 671. The summed E-state index contributed by atoms with van der Waals surface area (Å²) >= 11 is 12.3. The Morgan fingerprint density at radius 3 is 2.95 bits per heavy atom. The number of carbonyl (C=O) groups is 1. The van der Waals surface area contributed by atoms with Crippen molar-refractivity contribution in [3.63, 3.8) is 0 Å². The number of nitrogens with zero attached hydrogens (tertiary/aromatic N) is 1. The highest BCUT2D eigenvalue weighted by molar-refractivity contribution is 6.42. The molecular formula is C13H11Cl2N3O2. The second-order valence-electron chi connectivity index (χ2n) is 4.60. The third kappa shape index (κ3) is 2.18. The van der Waals surface area contributed by atoms with Crippen LogP contribution in [0.3, 0.4) is 0 Å². The van der Waals surface area contributed by atoms with Crippen molar-refractivity contribution in [2.75, 3.05) is 0 Å². The average Bonchev–Trinajstić information content (AvgIpc) is 2.89. The molecule has 0 amide bonds. The van der Waals surface area contributed by atoms with Gasteiger partial charge in [0.05, 0.1) is 28.1 Å². The van der Waals surface area contributed by atoms with Gasteiger partial charge in [-0.3, -0.25) is 10.1 Å². The standard InChI is InChI=1S/C13H11Cl2N3O2/c14-7-3-1-2-6(10(7)15)11-12-8(16-5-17-12)4-9(18-11)13(19)20/h1-3,5,9,11,18H,4H2,(H,16,17)(H,19,20)/t9-,11-/m1/s1. The van der Waals surface area contributed by atoms with Gasteiger partial charge in [-0.2, -0.15) is 0 Å². The highest BCUT2D eigenvalue weighted by Gasteiger charge is 2.34. The molecule has 2 atom stereocenters. The van der Waals surface area contributed by atoms with Gasteiger partial charge in [0.15, 0.2) is 0 Å². The lowest BCUT2D eigenvalue weighted by Gasteiger charge is -2.28. The predicted molar refractivity (Wildman–Crippen MR) is 75.2 cm³/mol. The summed E-state index contributed by atoms with van der Waals surface area (Å²) < 4.78 is 0. The summed E-state index contributed by atoms with van der Waals surface area (Å²) in [5.41, 5.74) is 2.28. The van der Waals surface area contributed by atoms with Crippen LogP contribution in [0, 0.1) is 0 Å². The molecule has 104 valence electrons. The SMILES string of the molecule is O=C(O)[C@H]1Cc2[nH]cnc2[C@@H](c2cccc(Cl)c2Cl)N1. The van der Waals surface area contributed by atoms with Crippen LogP contribution in [0.2, 0.25) is 10.0 Å². The van der Waals surface area contributed by atoms with Crippen LogP contribution in [0.15, 0.2) is 24.5 Å². The number of aliphatic carboxylic acids is 1. The maximum Gasteiger partial charge on any atom is 0.321 e. The molecule has 0 aliphatic carbocycles. The predicted octanol–water partition coefficient (Wildman–Crippen LogP) is 2.40. The zero-order valence-electron chi connectivity index (χ0n) is 10.2. The molecule has 0 saturated heterocycles. The van der Waals surface area contributed by atoms with Crippen LogP contribution in [0.1, 0.15) is 23.0 Å². The summed E-state index contributed by atoms with van der Waals surface area (Å²) in [6.45, 7) is 0. The van der Waals surface area contributed by atoms with E-state index in [0.29, 0.717) is 16.5 Å². The molecule has 0 unspecified atom stereocenters. The topological polar surface area (TPSA) is 78.0 Å². The Labute approximate surface area is 124 Å². The van der Waals surface area contributed by atoms with Gasteiger partial charge in [0.25, 0.3) is 0 Å². The lowest BCUT2D eigenvalue weighted by atomic mass is 9.94. The zero-order chi connectivity index (χ0) is 14.3. The number of aromatic amines is 1. The van der Waals surface area contributed by atoms with Crippen LogP contribution >= 0.6 is 23.2 Å². The van der Waals surface area contributed by atoms with Gasteiger partial charge in [0, 0.05) is 12.1 Å². The van der Waals surface area contributed by atoms with Gasteiger partial charge in [-0.1, -0.05) is 35.3 Å². The third-order valence-electron chi connectivity index (χ3n) is 3.39. The molecule has 0 fully saturated rings. The van der Waals surface area contributed by atoms with Gasteiger partial charge in [-0.05, 0) is 11.6 Å². The number of rotatable bonds is 2. The van der Waals surface area contributed by atoms with E-state index in [1.165, 1.54) is 0 Å². The molecule has 1 aliphatic heterocycles. The maximum atomic E-state index is 11.3. The number of nitrogens with one attached hydrogen (secondary N) is 2. The molecular weight excluding hydrogens is 301 g/mol. The lowest BCUT2D eigenvalue weighted by molar-refractivity contribution is -0.139. The second kappa shape index (κ2) is 5.09. The minimum atomic E-state index is -0.909. The summed E-state index contributed by atoms with van der Waals surface area (Å²) in [7, 11) is 0. The molecule has 7 heteroatoms. The number of hydrogen-bond acceptors (Lipinski definition) is 3. The molecule has 1 aromatic carbocycles. The molecule has 3 rings (SSSR count). The van der Waals surface area contributed by atoms with E-state index in [2.05, 4.69) is 15.3 Å². The Hall–Kier alpha value is -1.56. The number of carboxylic acids is 1. The molecule has 0 radical (unpaired) electrons. The van der Waals surface area contributed by atoms with E-state index >= 15 is 0 Å².